The number of nitrogens with zero attached hydrogens (tertiary/aromatic N) is 1. The Balaban J connectivity index is 2.23. The van der Waals surface area contributed by atoms with Gasteiger partial charge in [0.2, 0.25) is 0 Å². The Kier molecular flexibility index (Phi) is 1.89. The van der Waals surface area contributed by atoms with Crippen molar-refractivity contribution in [3.05, 3.63) is 6.42 Å². The summed E-state index contributed by atoms with van der Waals surface area (Å²) in [6.45, 7) is 4.08. The second kappa shape index (κ2) is 2.70. The van der Waals surface area contributed by atoms with Crippen LogP contribution >= 0.6 is 0 Å². The molecule has 0 aromatic carbocycles. The minimum Gasteiger partial charge on any atom is -0.372 e. The first-order chi connectivity index (χ1) is 3.93. The van der Waals surface area contributed by atoms with Crippen LogP contribution in [-0.4, -0.2) is 18.9 Å². The van der Waals surface area contributed by atoms with Gasteiger partial charge in [-0.3, -0.25) is 4.99 Å². The third-order valence-electron chi connectivity index (χ3n) is 1.10. The van der Waals surface area contributed by atoms with E-state index in [-0.39, 0.29) is 0 Å². The van der Waals surface area contributed by atoms with E-state index in [1.54, 1.807) is 0 Å². The standard InChI is InChI=1S/C6H11N2/c1-2-3-6-7-4-5-8-6/h3H,2,4-5H2,1H3,(H,7,8). The third-order valence-corrected chi connectivity index (χ3v) is 1.10. The fourth-order valence-electron chi connectivity index (χ4n) is 0.746. The lowest BCUT2D eigenvalue weighted by molar-refractivity contribution is 0.956. The average Bonchev–Trinajstić information content (AvgIpc) is 2.19. The fraction of sp³-hybridized carbons (Fsp3) is 0.667. The molecule has 0 fully saturated rings. The van der Waals surface area contributed by atoms with E-state index in [1.165, 1.54) is 0 Å². The molecule has 1 aliphatic rings. The Morgan fingerprint density at radius 2 is 2.75 bits per heavy atom. The zero-order chi connectivity index (χ0) is 5.82. The van der Waals surface area contributed by atoms with Crippen LogP contribution in [0.1, 0.15) is 13.3 Å². The molecule has 0 atom stereocenters. The van der Waals surface area contributed by atoms with E-state index in [4.69, 9.17) is 0 Å². The number of amidine groups is 1. The van der Waals surface area contributed by atoms with E-state index >= 15 is 0 Å². The maximum absolute atomic E-state index is 4.18. The lowest BCUT2D eigenvalue weighted by Crippen LogP contribution is -2.18. The fourth-order valence-corrected chi connectivity index (χ4v) is 0.746. The van der Waals surface area contributed by atoms with Crippen molar-refractivity contribution in [2.75, 3.05) is 13.1 Å². The Hall–Kier alpha value is -0.530. The van der Waals surface area contributed by atoms with Gasteiger partial charge in [-0.2, -0.15) is 0 Å². The van der Waals surface area contributed by atoms with Crippen LogP contribution in [-0.2, 0) is 0 Å². The molecule has 0 aromatic heterocycles. The second-order valence-electron chi connectivity index (χ2n) is 1.81. The van der Waals surface area contributed by atoms with Crippen LogP contribution in [0.15, 0.2) is 4.99 Å². The highest BCUT2D eigenvalue weighted by atomic mass is 15.1. The summed E-state index contributed by atoms with van der Waals surface area (Å²) in [6, 6.07) is 0. The summed E-state index contributed by atoms with van der Waals surface area (Å²) in [5.74, 6) is 1.08. The van der Waals surface area contributed by atoms with Gasteiger partial charge in [0, 0.05) is 13.0 Å². The first-order valence-electron chi connectivity index (χ1n) is 3.05. The number of hydrogen-bond donors (Lipinski definition) is 1. The SMILES string of the molecule is CC[CH]C1=NCCN1. The number of aliphatic imine (C=N–C) groups is 1. The molecule has 45 valence electrons. The number of nitrogens with one attached hydrogen (secondary N) is 1. The van der Waals surface area contributed by atoms with E-state index in [9.17, 15) is 0 Å². The molecule has 2 heteroatoms. The van der Waals surface area contributed by atoms with E-state index in [2.05, 4.69) is 23.7 Å². The van der Waals surface area contributed by atoms with Crippen molar-refractivity contribution in [3.8, 4) is 0 Å². The Morgan fingerprint density at radius 3 is 3.25 bits per heavy atom. The van der Waals surface area contributed by atoms with Crippen molar-refractivity contribution in [1.29, 1.82) is 0 Å². The van der Waals surface area contributed by atoms with Crippen molar-refractivity contribution in [2.45, 2.75) is 13.3 Å². The summed E-state index contributed by atoms with van der Waals surface area (Å²) >= 11 is 0. The smallest absolute Gasteiger partial charge is 0.100 e. The van der Waals surface area contributed by atoms with E-state index < -0.39 is 0 Å². The van der Waals surface area contributed by atoms with Gasteiger partial charge in [0.15, 0.2) is 0 Å². The van der Waals surface area contributed by atoms with E-state index in [0.717, 1.165) is 25.3 Å². The second-order valence-corrected chi connectivity index (χ2v) is 1.81. The summed E-state index contributed by atoms with van der Waals surface area (Å²) in [4.78, 5) is 4.18. The van der Waals surface area contributed by atoms with Crippen LogP contribution in [0, 0.1) is 6.42 Å². The lowest BCUT2D eigenvalue weighted by atomic mass is 10.3. The Morgan fingerprint density at radius 1 is 1.88 bits per heavy atom. The molecule has 1 heterocycles. The van der Waals surface area contributed by atoms with Crippen LogP contribution in [0.2, 0.25) is 0 Å². The molecule has 1 N–H and O–H groups in total. The molecule has 0 unspecified atom stereocenters. The van der Waals surface area contributed by atoms with Gasteiger partial charge in [0.1, 0.15) is 5.84 Å². The molecule has 0 aliphatic carbocycles. The van der Waals surface area contributed by atoms with Crippen molar-refractivity contribution < 1.29 is 0 Å². The third kappa shape index (κ3) is 1.22. The van der Waals surface area contributed by atoms with E-state index in [1.807, 2.05) is 0 Å². The van der Waals surface area contributed by atoms with Crippen LogP contribution in [0.3, 0.4) is 0 Å². The first kappa shape index (κ1) is 5.60. The Bertz CT molecular complexity index is 96.7. The highest BCUT2D eigenvalue weighted by molar-refractivity contribution is 5.91. The zero-order valence-electron chi connectivity index (χ0n) is 5.15. The highest BCUT2D eigenvalue weighted by Crippen LogP contribution is 1.91. The number of hydrogen-bond acceptors (Lipinski definition) is 2. The van der Waals surface area contributed by atoms with Gasteiger partial charge in [-0.25, -0.2) is 0 Å². The van der Waals surface area contributed by atoms with Crippen molar-refractivity contribution in [3.63, 3.8) is 0 Å². The normalized spacial score (nSPS) is 17.9. The minimum atomic E-state index is 0.950. The predicted octanol–water partition coefficient (Wildman–Crippen LogP) is 0.602. The summed E-state index contributed by atoms with van der Waals surface area (Å²) in [5, 5.41) is 3.15. The van der Waals surface area contributed by atoms with Crippen LogP contribution < -0.4 is 5.32 Å². The largest absolute Gasteiger partial charge is 0.372 e. The number of rotatable bonds is 2. The van der Waals surface area contributed by atoms with Crippen LogP contribution in [0.25, 0.3) is 0 Å². The van der Waals surface area contributed by atoms with Gasteiger partial charge in [-0.1, -0.05) is 6.92 Å². The van der Waals surface area contributed by atoms with Gasteiger partial charge in [0.25, 0.3) is 0 Å². The maximum Gasteiger partial charge on any atom is 0.100 e. The van der Waals surface area contributed by atoms with E-state index in [0.29, 0.717) is 0 Å². The van der Waals surface area contributed by atoms with Crippen molar-refractivity contribution in [1.82, 2.24) is 5.32 Å². The molecule has 2 nitrogen and oxygen atoms in total. The maximum atomic E-state index is 4.18. The van der Waals surface area contributed by atoms with Gasteiger partial charge >= 0.3 is 0 Å². The molecule has 0 saturated heterocycles. The molecule has 1 aliphatic heterocycles. The molecule has 0 amide bonds. The molecule has 0 saturated carbocycles. The summed E-state index contributed by atoms with van der Waals surface area (Å²) in [6.07, 6.45) is 3.18. The molecule has 1 rings (SSSR count). The molecule has 1 radical (unpaired) electrons. The van der Waals surface area contributed by atoms with Gasteiger partial charge in [0.05, 0.1) is 6.54 Å². The van der Waals surface area contributed by atoms with Gasteiger partial charge in [-0.05, 0) is 6.42 Å². The summed E-state index contributed by atoms with van der Waals surface area (Å²) in [5.41, 5.74) is 0. The first-order valence-corrected chi connectivity index (χ1v) is 3.05. The van der Waals surface area contributed by atoms with Gasteiger partial charge in [-0.15, -0.1) is 0 Å². The van der Waals surface area contributed by atoms with Crippen molar-refractivity contribution >= 4 is 5.84 Å². The monoisotopic (exact) mass is 111 g/mol. The molecule has 0 aromatic rings. The highest BCUT2D eigenvalue weighted by Gasteiger charge is 2.01. The molecular weight excluding hydrogens is 100 g/mol. The quantitative estimate of drug-likeness (QED) is 0.554. The van der Waals surface area contributed by atoms with Crippen LogP contribution in [0.4, 0.5) is 0 Å². The average molecular weight is 111 g/mol. The molecule has 0 spiro atoms. The summed E-state index contributed by atoms with van der Waals surface area (Å²) < 4.78 is 0. The summed E-state index contributed by atoms with van der Waals surface area (Å²) in [7, 11) is 0. The lowest BCUT2D eigenvalue weighted by Gasteiger charge is -1.94. The molecule has 0 bridgehead atoms. The topological polar surface area (TPSA) is 24.4 Å². The minimum absolute atomic E-state index is 0.950. The molecular formula is C6H11N2. The molecule has 8 heavy (non-hydrogen) atoms. The predicted molar refractivity (Wildman–Crippen MR) is 34.9 cm³/mol. The van der Waals surface area contributed by atoms with Crippen LogP contribution in [0.5, 0.6) is 0 Å². The van der Waals surface area contributed by atoms with Gasteiger partial charge < -0.3 is 5.32 Å². The Labute approximate surface area is 50.0 Å². The van der Waals surface area contributed by atoms with Crippen molar-refractivity contribution in [2.24, 2.45) is 4.99 Å². The zero-order valence-corrected chi connectivity index (χ0v) is 5.15.